The van der Waals surface area contributed by atoms with Crippen molar-refractivity contribution in [1.29, 1.82) is 0 Å². The van der Waals surface area contributed by atoms with E-state index < -0.39 is 0 Å². The average Bonchev–Trinajstić information content (AvgIpc) is 2.52. The first-order chi connectivity index (χ1) is 10.3. The first kappa shape index (κ1) is 13.8. The summed E-state index contributed by atoms with van der Waals surface area (Å²) in [5, 5.41) is 0. The Kier molecular flexibility index (Phi) is 4.02. The molecule has 1 amide bonds. The smallest absolute Gasteiger partial charge is 0.254 e. The summed E-state index contributed by atoms with van der Waals surface area (Å²) in [4.78, 5) is 14.4. The van der Waals surface area contributed by atoms with Crippen LogP contribution in [-0.2, 0) is 19.4 Å². The number of hydrogen-bond acceptors (Lipinski definition) is 2. The number of benzene rings is 2. The molecule has 0 atom stereocenters. The minimum Gasteiger partial charge on any atom is -0.334 e. The van der Waals surface area contributed by atoms with E-state index in [0.717, 1.165) is 30.5 Å². The molecule has 0 unspecified atom stereocenters. The third-order valence-electron chi connectivity index (χ3n) is 4.02. The quantitative estimate of drug-likeness (QED) is 0.934. The fourth-order valence-electron chi connectivity index (χ4n) is 2.82. The van der Waals surface area contributed by atoms with Crippen molar-refractivity contribution in [1.82, 2.24) is 4.90 Å². The molecule has 1 heterocycles. The Morgan fingerprint density at radius 2 is 1.71 bits per heavy atom. The molecule has 3 heteroatoms. The van der Waals surface area contributed by atoms with Gasteiger partial charge in [-0.15, -0.1) is 0 Å². The first-order valence-electron chi connectivity index (χ1n) is 7.43. The van der Waals surface area contributed by atoms with Crippen LogP contribution in [0.3, 0.4) is 0 Å². The van der Waals surface area contributed by atoms with E-state index >= 15 is 0 Å². The molecule has 0 aromatic heterocycles. The van der Waals surface area contributed by atoms with Crippen molar-refractivity contribution < 1.29 is 4.79 Å². The van der Waals surface area contributed by atoms with E-state index in [1.54, 1.807) is 0 Å². The lowest BCUT2D eigenvalue weighted by molar-refractivity contribution is 0.0727. The number of nitrogens with two attached hydrogens (primary N) is 1. The van der Waals surface area contributed by atoms with Crippen LogP contribution < -0.4 is 5.73 Å². The third kappa shape index (κ3) is 2.98. The monoisotopic (exact) mass is 280 g/mol. The van der Waals surface area contributed by atoms with Crippen LogP contribution in [0.2, 0.25) is 0 Å². The van der Waals surface area contributed by atoms with E-state index in [1.165, 1.54) is 11.1 Å². The van der Waals surface area contributed by atoms with Crippen LogP contribution in [0.4, 0.5) is 0 Å². The lowest BCUT2D eigenvalue weighted by Crippen LogP contribution is -2.36. The van der Waals surface area contributed by atoms with Crippen LogP contribution in [0.15, 0.2) is 48.5 Å². The van der Waals surface area contributed by atoms with Gasteiger partial charge >= 0.3 is 0 Å². The molecule has 0 radical (unpaired) electrons. The number of amides is 1. The summed E-state index contributed by atoms with van der Waals surface area (Å²) < 4.78 is 0. The van der Waals surface area contributed by atoms with Gasteiger partial charge in [0.2, 0.25) is 0 Å². The van der Waals surface area contributed by atoms with Crippen molar-refractivity contribution in [2.24, 2.45) is 5.73 Å². The Bertz CT molecular complexity index is 634. The number of nitrogens with zero attached hydrogens (tertiary/aromatic N) is 1. The van der Waals surface area contributed by atoms with Gasteiger partial charge in [-0.25, -0.2) is 0 Å². The fraction of sp³-hybridized carbons (Fsp3) is 0.278. The van der Waals surface area contributed by atoms with Crippen LogP contribution in [0, 0.1) is 0 Å². The highest BCUT2D eigenvalue weighted by molar-refractivity contribution is 5.96. The van der Waals surface area contributed by atoms with Crippen LogP contribution >= 0.6 is 0 Å². The Morgan fingerprint density at radius 3 is 2.48 bits per heavy atom. The van der Waals surface area contributed by atoms with Crippen molar-refractivity contribution in [2.75, 3.05) is 13.1 Å². The molecule has 21 heavy (non-hydrogen) atoms. The molecule has 0 fully saturated rings. The molecule has 1 aliphatic heterocycles. The van der Waals surface area contributed by atoms with Gasteiger partial charge in [0, 0.05) is 18.7 Å². The molecule has 2 N–H and O–H groups in total. The molecular weight excluding hydrogens is 260 g/mol. The van der Waals surface area contributed by atoms with Crippen molar-refractivity contribution in [3.63, 3.8) is 0 Å². The zero-order valence-corrected chi connectivity index (χ0v) is 12.1. The molecule has 2 aromatic carbocycles. The summed E-state index contributed by atoms with van der Waals surface area (Å²) in [6, 6.07) is 16.3. The Labute approximate surface area is 125 Å². The zero-order valence-electron chi connectivity index (χ0n) is 12.1. The van der Waals surface area contributed by atoms with E-state index in [4.69, 9.17) is 5.73 Å². The van der Waals surface area contributed by atoms with E-state index in [9.17, 15) is 4.79 Å². The van der Waals surface area contributed by atoms with Gasteiger partial charge in [-0.3, -0.25) is 4.79 Å². The maximum absolute atomic E-state index is 12.5. The normalized spacial score (nSPS) is 14.1. The molecule has 0 saturated carbocycles. The zero-order chi connectivity index (χ0) is 14.7. The predicted octanol–water partition coefficient (Wildman–Crippen LogP) is 2.39. The molecule has 0 saturated heterocycles. The Hall–Kier alpha value is -2.13. The Morgan fingerprint density at radius 1 is 1.00 bits per heavy atom. The van der Waals surface area contributed by atoms with Gasteiger partial charge in [-0.05, 0) is 42.1 Å². The maximum Gasteiger partial charge on any atom is 0.254 e. The molecule has 3 nitrogen and oxygen atoms in total. The van der Waals surface area contributed by atoms with E-state index in [-0.39, 0.29) is 5.91 Å². The summed E-state index contributed by atoms with van der Waals surface area (Å²) in [6.45, 7) is 2.14. The second kappa shape index (κ2) is 6.10. The van der Waals surface area contributed by atoms with Crippen molar-refractivity contribution in [3.05, 3.63) is 70.8 Å². The lowest BCUT2D eigenvalue weighted by Gasteiger charge is -2.28. The minimum absolute atomic E-state index is 0.142. The number of fused-ring (bicyclic) bond motifs is 1. The summed E-state index contributed by atoms with van der Waals surface area (Å²) in [6.07, 6.45) is 1.84. The highest BCUT2D eigenvalue weighted by Gasteiger charge is 2.23. The molecule has 1 aliphatic rings. The fourth-order valence-corrected chi connectivity index (χ4v) is 2.82. The van der Waals surface area contributed by atoms with Crippen LogP contribution in [0.25, 0.3) is 0 Å². The average molecular weight is 280 g/mol. The lowest BCUT2D eigenvalue weighted by atomic mass is 9.98. The van der Waals surface area contributed by atoms with Gasteiger partial charge < -0.3 is 10.6 Å². The van der Waals surface area contributed by atoms with Crippen LogP contribution in [-0.4, -0.2) is 23.9 Å². The SMILES string of the molecule is NCCc1ccc(CN2CCc3ccccc3C2=O)cc1. The van der Waals surface area contributed by atoms with Crippen LogP contribution in [0.1, 0.15) is 27.0 Å². The van der Waals surface area contributed by atoms with E-state index in [0.29, 0.717) is 13.1 Å². The van der Waals surface area contributed by atoms with E-state index in [2.05, 4.69) is 24.3 Å². The third-order valence-corrected chi connectivity index (χ3v) is 4.02. The molecule has 0 spiro atoms. The second-order valence-corrected chi connectivity index (χ2v) is 5.49. The Balaban J connectivity index is 1.73. The highest BCUT2D eigenvalue weighted by atomic mass is 16.2. The van der Waals surface area contributed by atoms with Crippen molar-refractivity contribution in [3.8, 4) is 0 Å². The summed E-state index contributed by atoms with van der Waals surface area (Å²) in [5.41, 5.74) is 9.99. The number of carbonyl (C=O) groups is 1. The first-order valence-corrected chi connectivity index (χ1v) is 7.43. The summed E-state index contributed by atoms with van der Waals surface area (Å²) in [5.74, 6) is 0.142. The minimum atomic E-state index is 0.142. The molecular formula is C18H20N2O. The second-order valence-electron chi connectivity index (χ2n) is 5.49. The predicted molar refractivity (Wildman–Crippen MR) is 84.1 cm³/mol. The highest BCUT2D eigenvalue weighted by Crippen LogP contribution is 2.20. The van der Waals surface area contributed by atoms with Crippen molar-refractivity contribution in [2.45, 2.75) is 19.4 Å². The van der Waals surface area contributed by atoms with Gasteiger partial charge in [0.1, 0.15) is 0 Å². The molecule has 108 valence electrons. The maximum atomic E-state index is 12.5. The van der Waals surface area contributed by atoms with Gasteiger partial charge in [0.25, 0.3) is 5.91 Å². The van der Waals surface area contributed by atoms with E-state index in [1.807, 2.05) is 29.2 Å². The summed E-state index contributed by atoms with van der Waals surface area (Å²) >= 11 is 0. The molecule has 2 aromatic rings. The summed E-state index contributed by atoms with van der Waals surface area (Å²) in [7, 11) is 0. The van der Waals surface area contributed by atoms with Crippen LogP contribution in [0.5, 0.6) is 0 Å². The van der Waals surface area contributed by atoms with Crippen molar-refractivity contribution >= 4 is 5.91 Å². The van der Waals surface area contributed by atoms with Gasteiger partial charge in [-0.1, -0.05) is 42.5 Å². The standard InChI is InChI=1S/C18H20N2O/c19-11-9-14-5-7-15(8-6-14)13-20-12-10-16-3-1-2-4-17(16)18(20)21/h1-8H,9-13,19H2. The number of hydrogen-bond donors (Lipinski definition) is 1. The molecule has 3 rings (SSSR count). The number of carbonyl (C=O) groups excluding carboxylic acids is 1. The van der Waals surface area contributed by atoms with Gasteiger partial charge in [0.15, 0.2) is 0 Å². The topological polar surface area (TPSA) is 46.3 Å². The largest absolute Gasteiger partial charge is 0.334 e. The molecule has 0 bridgehead atoms. The van der Waals surface area contributed by atoms with Gasteiger partial charge in [-0.2, -0.15) is 0 Å². The number of rotatable bonds is 4. The van der Waals surface area contributed by atoms with Gasteiger partial charge in [0.05, 0.1) is 0 Å². The molecule has 0 aliphatic carbocycles.